The van der Waals surface area contributed by atoms with Crippen molar-refractivity contribution in [2.75, 3.05) is 0 Å². The highest BCUT2D eigenvalue weighted by molar-refractivity contribution is 4.98. The van der Waals surface area contributed by atoms with Gasteiger partial charge in [0.25, 0.3) is 0 Å². The SMILES string of the molecule is [CH2]C(C)(C=C)CCC=C(C)C. The fraction of sp³-hybridized carbons (Fsp3) is 0.545. The molecule has 0 bridgehead atoms. The highest BCUT2D eigenvalue weighted by atomic mass is 14.1. The standard InChI is InChI=1S/C11H19/c1-6-11(4,5)9-7-8-10(2)3/h6,8H,1,4,7,9H2,2-3,5H3. The summed E-state index contributed by atoms with van der Waals surface area (Å²) in [6.07, 6.45) is 6.36. The third kappa shape index (κ3) is 5.90. The molecule has 0 N–H and O–H groups in total. The summed E-state index contributed by atoms with van der Waals surface area (Å²) in [7, 11) is 0. The summed E-state index contributed by atoms with van der Waals surface area (Å²) in [5.74, 6) is 0. The second-order valence-electron chi connectivity index (χ2n) is 3.68. The number of rotatable bonds is 4. The van der Waals surface area contributed by atoms with E-state index in [9.17, 15) is 0 Å². The molecule has 0 aliphatic carbocycles. The van der Waals surface area contributed by atoms with E-state index in [0.29, 0.717) is 0 Å². The summed E-state index contributed by atoms with van der Waals surface area (Å²) in [6, 6.07) is 0. The first-order valence-electron chi connectivity index (χ1n) is 4.10. The van der Waals surface area contributed by atoms with Gasteiger partial charge in [0.1, 0.15) is 0 Å². The van der Waals surface area contributed by atoms with E-state index in [4.69, 9.17) is 0 Å². The molecule has 0 spiro atoms. The van der Waals surface area contributed by atoms with Gasteiger partial charge in [0, 0.05) is 0 Å². The second-order valence-corrected chi connectivity index (χ2v) is 3.68. The second kappa shape index (κ2) is 4.38. The molecule has 63 valence electrons. The Morgan fingerprint density at radius 1 is 1.45 bits per heavy atom. The fourth-order valence-electron chi connectivity index (χ4n) is 0.793. The molecule has 0 saturated carbocycles. The Labute approximate surface area is 71.0 Å². The first kappa shape index (κ1) is 10.5. The molecule has 0 rings (SSSR count). The van der Waals surface area contributed by atoms with Gasteiger partial charge in [-0.15, -0.1) is 6.58 Å². The van der Waals surface area contributed by atoms with E-state index in [1.165, 1.54) is 5.57 Å². The molecule has 0 aliphatic rings. The molecule has 0 amide bonds. The van der Waals surface area contributed by atoms with Crippen LogP contribution in [0.2, 0.25) is 0 Å². The largest absolute Gasteiger partial charge is 0.103 e. The third-order valence-electron chi connectivity index (χ3n) is 1.76. The average molecular weight is 151 g/mol. The van der Waals surface area contributed by atoms with Crippen LogP contribution in [0.5, 0.6) is 0 Å². The van der Waals surface area contributed by atoms with Gasteiger partial charge in [-0.05, 0) is 39.0 Å². The van der Waals surface area contributed by atoms with Gasteiger partial charge in [0.15, 0.2) is 0 Å². The maximum atomic E-state index is 4.04. The maximum absolute atomic E-state index is 4.04. The maximum Gasteiger partial charge on any atom is -0.0146 e. The molecular formula is C11H19. The lowest BCUT2D eigenvalue weighted by Gasteiger charge is -2.17. The van der Waals surface area contributed by atoms with E-state index >= 15 is 0 Å². The molecule has 0 aromatic heterocycles. The van der Waals surface area contributed by atoms with Crippen molar-refractivity contribution in [3.8, 4) is 0 Å². The van der Waals surface area contributed by atoms with Gasteiger partial charge < -0.3 is 0 Å². The minimum Gasteiger partial charge on any atom is -0.103 e. The fourth-order valence-corrected chi connectivity index (χ4v) is 0.793. The zero-order valence-corrected chi connectivity index (χ0v) is 7.98. The molecule has 1 unspecified atom stereocenters. The average Bonchev–Trinajstić information content (AvgIpc) is 1.87. The van der Waals surface area contributed by atoms with Crippen LogP contribution in [0, 0.1) is 12.3 Å². The van der Waals surface area contributed by atoms with Crippen molar-refractivity contribution in [1.29, 1.82) is 0 Å². The first-order valence-corrected chi connectivity index (χ1v) is 4.10. The van der Waals surface area contributed by atoms with E-state index < -0.39 is 0 Å². The molecule has 1 radical (unpaired) electrons. The van der Waals surface area contributed by atoms with E-state index in [1.54, 1.807) is 0 Å². The molecule has 0 saturated heterocycles. The van der Waals surface area contributed by atoms with Crippen molar-refractivity contribution in [3.05, 3.63) is 31.2 Å². The van der Waals surface area contributed by atoms with Crippen LogP contribution >= 0.6 is 0 Å². The van der Waals surface area contributed by atoms with Gasteiger partial charge in [0.2, 0.25) is 0 Å². The smallest absolute Gasteiger partial charge is 0.0146 e. The molecule has 0 aromatic rings. The lowest BCUT2D eigenvalue weighted by molar-refractivity contribution is 0.501. The van der Waals surface area contributed by atoms with Gasteiger partial charge in [-0.2, -0.15) is 0 Å². The molecular weight excluding hydrogens is 132 g/mol. The molecule has 0 fully saturated rings. The monoisotopic (exact) mass is 151 g/mol. The zero-order valence-electron chi connectivity index (χ0n) is 7.98. The molecule has 1 atom stereocenters. The van der Waals surface area contributed by atoms with Crippen molar-refractivity contribution < 1.29 is 0 Å². The molecule has 0 heterocycles. The first-order chi connectivity index (χ1) is 4.98. The summed E-state index contributed by atoms with van der Waals surface area (Å²) in [5, 5.41) is 0. The van der Waals surface area contributed by atoms with E-state index in [0.717, 1.165) is 12.8 Å². The van der Waals surface area contributed by atoms with E-state index in [1.807, 2.05) is 6.08 Å². The van der Waals surface area contributed by atoms with Crippen LogP contribution in [0.4, 0.5) is 0 Å². The van der Waals surface area contributed by atoms with Crippen LogP contribution in [-0.4, -0.2) is 0 Å². The number of allylic oxidation sites excluding steroid dienone is 3. The Kier molecular flexibility index (Phi) is 4.17. The van der Waals surface area contributed by atoms with Crippen LogP contribution in [-0.2, 0) is 0 Å². The predicted octanol–water partition coefficient (Wildman–Crippen LogP) is 3.76. The molecule has 0 aromatic carbocycles. The number of hydrogen-bond acceptors (Lipinski definition) is 0. The van der Waals surface area contributed by atoms with Crippen LogP contribution in [0.15, 0.2) is 24.3 Å². The summed E-state index contributed by atoms with van der Waals surface area (Å²) in [5.41, 5.74) is 1.43. The topological polar surface area (TPSA) is 0 Å². The minimum atomic E-state index is 0.0476. The van der Waals surface area contributed by atoms with Crippen molar-refractivity contribution >= 4 is 0 Å². The molecule has 11 heavy (non-hydrogen) atoms. The minimum absolute atomic E-state index is 0.0476. The van der Waals surface area contributed by atoms with Gasteiger partial charge >= 0.3 is 0 Å². The molecule has 0 heteroatoms. The highest BCUT2D eigenvalue weighted by Gasteiger charge is 2.10. The summed E-state index contributed by atoms with van der Waals surface area (Å²) in [6.45, 7) is 14.1. The quantitative estimate of drug-likeness (QED) is 0.537. The summed E-state index contributed by atoms with van der Waals surface area (Å²) < 4.78 is 0. The number of hydrogen-bond donors (Lipinski definition) is 0. The van der Waals surface area contributed by atoms with Crippen molar-refractivity contribution in [2.45, 2.75) is 33.6 Å². The Morgan fingerprint density at radius 3 is 2.36 bits per heavy atom. The Balaban J connectivity index is 3.71. The summed E-state index contributed by atoms with van der Waals surface area (Å²) in [4.78, 5) is 0. The zero-order chi connectivity index (χ0) is 8.91. The van der Waals surface area contributed by atoms with Crippen LogP contribution in [0.25, 0.3) is 0 Å². The van der Waals surface area contributed by atoms with Crippen molar-refractivity contribution in [1.82, 2.24) is 0 Å². The van der Waals surface area contributed by atoms with Crippen LogP contribution in [0.3, 0.4) is 0 Å². The Hall–Kier alpha value is -0.520. The summed E-state index contributed by atoms with van der Waals surface area (Å²) >= 11 is 0. The van der Waals surface area contributed by atoms with Gasteiger partial charge in [0.05, 0.1) is 0 Å². The normalized spacial score (nSPS) is 10.9. The highest BCUT2D eigenvalue weighted by Crippen LogP contribution is 2.22. The van der Waals surface area contributed by atoms with Gasteiger partial charge in [-0.3, -0.25) is 0 Å². The predicted molar refractivity (Wildman–Crippen MR) is 52.3 cm³/mol. The molecule has 0 nitrogen and oxygen atoms in total. The van der Waals surface area contributed by atoms with E-state index in [2.05, 4.69) is 40.3 Å². The van der Waals surface area contributed by atoms with Crippen LogP contribution < -0.4 is 0 Å². The van der Waals surface area contributed by atoms with Crippen molar-refractivity contribution in [3.63, 3.8) is 0 Å². The Morgan fingerprint density at radius 2 is 2.00 bits per heavy atom. The third-order valence-corrected chi connectivity index (χ3v) is 1.76. The van der Waals surface area contributed by atoms with Gasteiger partial charge in [-0.25, -0.2) is 0 Å². The van der Waals surface area contributed by atoms with E-state index in [-0.39, 0.29) is 5.41 Å². The Bertz CT molecular complexity index is 145. The lowest BCUT2D eigenvalue weighted by Crippen LogP contribution is -2.05. The molecule has 0 aliphatic heterocycles. The van der Waals surface area contributed by atoms with Gasteiger partial charge in [-0.1, -0.05) is 24.6 Å². The van der Waals surface area contributed by atoms with Crippen molar-refractivity contribution in [2.24, 2.45) is 5.41 Å². The lowest BCUT2D eigenvalue weighted by atomic mass is 9.88. The van der Waals surface area contributed by atoms with Crippen LogP contribution in [0.1, 0.15) is 33.6 Å².